The average Bonchev–Trinajstić information content (AvgIpc) is 3.22. The number of benzene rings is 2. The zero-order valence-electron chi connectivity index (χ0n) is 16.6. The van der Waals surface area contributed by atoms with Crippen LogP contribution in [0.4, 0.5) is 5.13 Å². The molecule has 0 fully saturated rings. The number of ether oxygens (including phenoxy) is 2. The predicted molar refractivity (Wildman–Crippen MR) is 119 cm³/mol. The summed E-state index contributed by atoms with van der Waals surface area (Å²) in [6, 6.07) is 14.1. The Morgan fingerprint density at radius 1 is 1.19 bits per heavy atom. The van der Waals surface area contributed by atoms with Gasteiger partial charge in [0.15, 0.2) is 11.5 Å². The van der Waals surface area contributed by atoms with E-state index in [0.717, 1.165) is 10.9 Å². The van der Waals surface area contributed by atoms with Crippen LogP contribution >= 0.6 is 11.3 Å². The molecule has 2 heterocycles. The van der Waals surface area contributed by atoms with Gasteiger partial charge in [0.25, 0.3) is 0 Å². The molecular formula is C22H17N3O5S. The number of thiazole rings is 1. The van der Waals surface area contributed by atoms with E-state index >= 15 is 0 Å². The molecular weight excluding hydrogens is 418 g/mol. The highest BCUT2D eigenvalue weighted by Gasteiger charge is 2.11. The summed E-state index contributed by atoms with van der Waals surface area (Å²) in [7, 11) is 1.49. The molecule has 2 aromatic carbocycles. The van der Waals surface area contributed by atoms with Crippen molar-refractivity contribution < 1.29 is 18.7 Å². The van der Waals surface area contributed by atoms with Crippen LogP contribution in [0.15, 0.2) is 68.2 Å². The Hall–Kier alpha value is -3.98. The van der Waals surface area contributed by atoms with Gasteiger partial charge in [-0.25, -0.2) is 9.78 Å². The number of esters is 1. The Labute approximate surface area is 180 Å². The molecule has 0 radical (unpaired) electrons. The van der Waals surface area contributed by atoms with Crippen molar-refractivity contribution in [3.63, 3.8) is 0 Å². The van der Waals surface area contributed by atoms with Gasteiger partial charge in [0.1, 0.15) is 5.58 Å². The molecule has 0 amide bonds. The molecule has 1 N–H and O–H groups in total. The third-order valence-electron chi connectivity index (χ3n) is 4.24. The molecule has 9 heteroatoms. The first-order valence-corrected chi connectivity index (χ1v) is 10.1. The Morgan fingerprint density at radius 2 is 2.03 bits per heavy atom. The number of carbonyl (C=O) groups is 1. The maximum atomic E-state index is 12.3. The number of nitrogens with one attached hydrogen (secondary N) is 1. The largest absolute Gasteiger partial charge is 0.493 e. The fourth-order valence-electron chi connectivity index (χ4n) is 2.85. The first kappa shape index (κ1) is 20.3. The van der Waals surface area contributed by atoms with Crippen LogP contribution < -0.4 is 20.5 Å². The second-order valence-corrected chi connectivity index (χ2v) is 7.26. The Morgan fingerprint density at radius 3 is 2.84 bits per heavy atom. The predicted octanol–water partition coefficient (Wildman–Crippen LogP) is 4.30. The molecule has 0 unspecified atom stereocenters. The first-order chi connectivity index (χ1) is 15.0. The Balaban J connectivity index is 1.50. The van der Waals surface area contributed by atoms with E-state index in [0.29, 0.717) is 33.5 Å². The van der Waals surface area contributed by atoms with Gasteiger partial charge < -0.3 is 13.9 Å². The average molecular weight is 435 g/mol. The molecule has 0 aliphatic rings. The lowest BCUT2D eigenvalue weighted by Gasteiger charge is -2.08. The molecule has 0 saturated carbocycles. The van der Waals surface area contributed by atoms with Crippen LogP contribution in [-0.4, -0.2) is 24.3 Å². The third-order valence-corrected chi connectivity index (χ3v) is 4.98. The van der Waals surface area contributed by atoms with Gasteiger partial charge in [-0.05, 0) is 35.9 Å². The highest BCUT2D eigenvalue weighted by Crippen LogP contribution is 2.28. The molecule has 31 heavy (non-hydrogen) atoms. The molecule has 0 saturated heterocycles. The van der Waals surface area contributed by atoms with E-state index in [9.17, 15) is 9.59 Å². The quantitative estimate of drug-likeness (QED) is 0.158. The number of para-hydroxylation sites is 1. The number of hydrogen-bond acceptors (Lipinski definition) is 9. The molecule has 0 atom stereocenters. The summed E-state index contributed by atoms with van der Waals surface area (Å²) in [4.78, 5) is 27.9. The maximum absolute atomic E-state index is 12.3. The minimum Gasteiger partial charge on any atom is -0.493 e. The first-order valence-electron chi connectivity index (χ1n) is 9.18. The van der Waals surface area contributed by atoms with E-state index < -0.39 is 11.6 Å². The van der Waals surface area contributed by atoms with Crippen molar-refractivity contribution in [2.45, 2.75) is 6.92 Å². The van der Waals surface area contributed by atoms with Gasteiger partial charge in [0, 0.05) is 17.7 Å². The van der Waals surface area contributed by atoms with Crippen LogP contribution in [0.2, 0.25) is 0 Å². The zero-order chi connectivity index (χ0) is 21.8. The molecule has 4 aromatic rings. The smallest absolute Gasteiger partial charge is 0.345 e. The lowest BCUT2D eigenvalue weighted by atomic mass is 10.1. The number of hydrazone groups is 1. The number of fused-ring (bicyclic) bond motifs is 1. The van der Waals surface area contributed by atoms with Crippen molar-refractivity contribution in [3.05, 3.63) is 69.9 Å². The third kappa shape index (κ3) is 4.62. The van der Waals surface area contributed by atoms with E-state index in [1.54, 1.807) is 41.9 Å². The molecule has 4 rings (SSSR count). The summed E-state index contributed by atoms with van der Waals surface area (Å²) in [5.41, 5.74) is 4.55. The van der Waals surface area contributed by atoms with Gasteiger partial charge in [0.2, 0.25) is 5.13 Å². The highest BCUT2D eigenvalue weighted by molar-refractivity contribution is 7.14. The van der Waals surface area contributed by atoms with Crippen molar-refractivity contribution in [1.82, 2.24) is 4.98 Å². The minimum atomic E-state index is -0.445. The normalized spacial score (nSPS) is 11.0. The fourth-order valence-corrected chi connectivity index (χ4v) is 3.51. The second-order valence-electron chi connectivity index (χ2n) is 6.40. The van der Waals surface area contributed by atoms with Gasteiger partial charge in [-0.15, -0.1) is 11.3 Å². The Bertz CT molecular complexity index is 1340. The van der Waals surface area contributed by atoms with E-state index in [1.807, 2.05) is 18.2 Å². The van der Waals surface area contributed by atoms with Gasteiger partial charge in [-0.1, -0.05) is 18.2 Å². The maximum Gasteiger partial charge on any atom is 0.345 e. The number of nitrogens with zero attached hydrogens (tertiary/aromatic N) is 2. The number of rotatable bonds is 6. The van der Waals surface area contributed by atoms with Crippen molar-refractivity contribution in [2.24, 2.45) is 5.10 Å². The number of hydrogen-bond donors (Lipinski definition) is 1. The molecule has 2 aromatic heterocycles. The summed E-state index contributed by atoms with van der Waals surface area (Å²) < 4.78 is 15.7. The van der Waals surface area contributed by atoms with Crippen LogP contribution in [0, 0.1) is 0 Å². The van der Waals surface area contributed by atoms with Gasteiger partial charge in [-0.2, -0.15) is 5.10 Å². The van der Waals surface area contributed by atoms with E-state index in [-0.39, 0.29) is 0 Å². The SMILES string of the molecule is COc1cc(/C=N/Nc2nc(-c3cc4ccccc4oc3=O)cs2)ccc1OC(C)=O. The van der Waals surface area contributed by atoms with E-state index in [1.165, 1.54) is 25.4 Å². The molecule has 156 valence electrons. The van der Waals surface area contributed by atoms with Crippen molar-refractivity contribution in [2.75, 3.05) is 12.5 Å². The Kier molecular flexibility index (Phi) is 5.76. The summed E-state index contributed by atoms with van der Waals surface area (Å²) in [5, 5.41) is 7.26. The standard InChI is InChI=1S/C22H17N3O5S/c1-13(26)29-19-8-7-14(9-20(19)28-2)11-23-25-22-24-17(12-31-22)16-10-15-5-3-4-6-18(15)30-21(16)27/h3-12H,1-2H3,(H,24,25)/b23-11+. The van der Waals surface area contributed by atoms with Crippen molar-refractivity contribution >= 4 is 39.6 Å². The fraction of sp³-hybridized carbons (Fsp3) is 0.0909. The van der Waals surface area contributed by atoms with Crippen LogP contribution in [0.3, 0.4) is 0 Å². The number of aromatic nitrogens is 1. The van der Waals surface area contributed by atoms with Gasteiger partial charge in [0.05, 0.1) is 24.6 Å². The molecule has 0 bridgehead atoms. The van der Waals surface area contributed by atoms with Gasteiger partial charge >= 0.3 is 11.6 Å². The lowest BCUT2D eigenvalue weighted by molar-refractivity contribution is -0.132. The summed E-state index contributed by atoms with van der Waals surface area (Å²) in [6.45, 7) is 1.32. The van der Waals surface area contributed by atoms with Crippen molar-refractivity contribution in [3.8, 4) is 22.8 Å². The molecule has 8 nitrogen and oxygen atoms in total. The van der Waals surface area contributed by atoms with Gasteiger partial charge in [-0.3, -0.25) is 10.2 Å². The monoisotopic (exact) mass is 435 g/mol. The number of carbonyl (C=O) groups excluding carboxylic acids is 1. The zero-order valence-corrected chi connectivity index (χ0v) is 17.4. The highest BCUT2D eigenvalue weighted by atomic mass is 32.1. The summed E-state index contributed by atoms with van der Waals surface area (Å²) >= 11 is 1.31. The van der Waals surface area contributed by atoms with Crippen LogP contribution in [0.1, 0.15) is 12.5 Å². The number of methoxy groups -OCH3 is 1. The van der Waals surface area contributed by atoms with E-state index in [4.69, 9.17) is 13.9 Å². The minimum absolute atomic E-state index is 0.332. The van der Waals surface area contributed by atoms with Crippen LogP contribution in [-0.2, 0) is 4.79 Å². The van der Waals surface area contributed by atoms with E-state index in [2.05, 4.69) is 15.5 Å². The molecule has 0 spiro atoms. The topological polar surface area (TPSA) is 103 Å². The number of anilines is 1. The molecule has 0 aliphatic carbocycles. The molecule has 0 aliphatic heterocycles. The van der Waals surface area contributed by atoms with Crippen LogP contribution in [0.25, 0.3) is 22.2 Å². The summed E-state index contributed by atoms with van der Waals surface area (Å²) in [5.74, 6) is 0.319. The van der Waals surface area contributed by atoms with Crippen molar-refractivity contribution in [1.29, 1.82) is 0 Å². The second kappa shape index (κ2) is 8.80. The lowest BCUT2D eigenvalue weighted by Crippen LogP contribution is -2.03. The van der Waals surface area contributed by atoms with Crippen LogP contribution in [0.5, 0.6) is 11.5 Å². The summed E-state index contributed by atoms with van der Waals surface area (Å²) in [6.07, 6.45) is 1.57.